The number of aliphatic hydroxyl groups is 1. The number of urea groups is 1. The summed E-state index contributed by atoms with van der Waals surface area (Å²) in [5.41, 5.74) is 1.70. The quantitative estimate of drug-likeness (QED) is 0.879. The molecular formula is C18H23ClN4O2. The van der Waals surface area contributed by atoms with E-state index in [1.165, 1.54) is 0 Å². The summed E-state index contributed by atoms with van der Waals surface area (Å²) in [5, 5.41) is 14.0. The molecule has 3 rings (SSSR count). The Hall–Kier alpha value is -2.05. The minimum atomic E-state index is -0.597. The minimum Gasteiger partial charge on any atom is -0.385 e. The van der Waals surface area contributed by atoms with Crippen LogP contribution in [0.25, 0.3) is 0 Å². The molecular weight excluding hydrogens is 340 g/mol. The van der Waals surface area contributed by atoms with Gasteiger partial charge >= 0.3 is 6.03 Å². The van der Waals surface area contributed by atoms with Crippen molar-refractivity contribution < 1.29 is 9.90 Å². The lowest BCUT2D eigenvalue weighted by Crippen LogP contribution is -2.42. The molecule has 1 fully saturated rings. The van der Waals surface area contributed by atoms with E-state index in [4.69, 9.17) is 11.6 Å². The molecule has 25 heavy (non-hydrogen) atoms. The highest BCUT2D eigenvalue weighted by molar-refractivity contribution is 6.31. The summed E-state index contributed by atoms with van der Waals surface area (Å²) in [7, 11) is 1.88. The first kappa shape index (κ1) is 17.8. The lowest BCUT2D eigenvalue weighted by atomic mass is 9.91. The van der Waals surface area contributed by atoms with Crippen LogP contribution in [0, 0.1) is 12.8 Å². The number of anilines is 1. The van der Waals surface area contributed by atoms with Gasteiger partial charge in [-0.3, -0.25) is 0 Å². The number of likely N-dealkylation sites (tertiary alicyclic amines) is 1. The zero-order chi connectivity index (χ0) is 18.0. The second-order valence-electron chi connectivity index (χ2n) is 6.56. The number of carbonyl (C=O) groups is 1. The number of hydrogen-bond donors (Lipinski definition) is 2. The molecule has 1 saturated heterocycles. The highest BCUT2D eigenvalue weighted by atomic mass is 35.5. The van der Waals surface area contributed by atoms with E-state index in [9.17, 15) is 9.90 Å². The van der Waals surface area contributed by atoms with E-state index in [1.807, 2.05) is 30.8 Å². The van der Waals surface area contributed by atoms with Crippen LogP contribution in [-0.2, 0) is 7.05 Å². The number of carbonyl (C=O) groups excluding carboxylic acids is 1. The Morgan fingerprint density at radius 2 is 2.12 bits per heavy atom. The van der Waals surface area contributed by atoms with Gasteiger partial charge in [-0.25, -0.2) is 9.78 Å². The summed E-state index contributed by atoms with van der Waals surface area (Å²) in [6, 6.07) is 5.31. The number of aromatic nitrogens is 2. The molecule has 0 spiro atoms. The number of piperidine rings is 1. The fourth-order valence-electron chi connectivity index (χ4n) is 3.21. The van der Waals surface area contributed by atoms with E-state index in [1.54, 1.807) is 23.2 Å². The van der Waals surface area contributed by atoms with Crippen LogP contribution in [0.2, 0.25) is 5.02 Å². The van der Waals surface area contributed by atoms with Crippen LogP contribution in [0.3, 0.4) is 0 Å². The first-order valence-electron chi connectivity index (χ1n) is 8.43. The molecule has 1 aliphatic heterocycles. The third-order valence-corrected chi connectivity index (χ3v) is 5.07. The van der Waals surface area contributed by atoms with E-state index in [0.29, 0.717) is 23.9 Å². The zero-order valence-corrected chi connectivity index (χ0v) is 15.2. The fourth-order valence-corrected chi connectivity index (χ4v) is 3.39. The highest BCUT2D eigenvalue weighted by Gasteiger charge is 2.30. The van der Waals surface area contributed by atoms with Crippen LogP contribution in [-0.4, -0.2) is 38.7 Å². The Balaban J connectivity index is 1.57. The summed E-state index contributed by atoms with van der Waals surface area (Å²) in [6.07, 6.45) is 4.41. The number of halogens is 1. The van der Waals surface area contributed by atoms with Gasteiger partial charge in [0.25, 0.3) is 0 Å². The van der Waals surface area contributed by atoms with Gasteiger partial charge in [0.15, 0.2) is 0 Å². The number of imidazole rings is 1. The second kappa shape index (κ2) is 7.45. The number of benzene rings is 1. The van der Waals surface area contributed by atoms with E-state index in [0.717, 1.165) is 24.1 Å². The molecule has 1 atom stereocenters. The molecule has 1 aliphatic rings. The number of hydrogen-bond acceptors (Lipinski definition) is 3. The maximum atomic E-state index is 12.5. The highest BCUT2D eigenvalue weighted by Crippen LogP contribution is 2.30. The molecule has 0 aliphatic carbocycles. The Morgan fingerprint density at radius 1 is 1.40 bits per heavy atom. The van der Waals surface area contributed by atoms with Gasteiger partial charge in [-0.15, -0.1) is 0 Å². The Bertz CT molecular complexity index is 753. The van der Waals surface area contributed by atoms with Crippen molar-refractivity contribution in [1.82, 2.24) is 14.5 Å². The van der Waals surface area contributed by atoms with Crippen molar-refractivity contribution in [3.8, 4) is 0 Å². The lowest BCUT2D eigenvalue weighted by molar-refractivity contribution is 0.0600. The number of nitrogens with zero attached hydrogens (tertiary/aromatic N) is 3. The van der Waals surface area contributed by atoms with Gasteiger partial charge in [0.2, 0.25) is 0 Å². The molecule has 0 radical (unpaired) electrons. The summed E-state index contributed by atoms with van der Waals surface area (Å²) >= 11 is 6.00. The first-order valence-corrected chi connectivity index (χ1v) is 8.81. The van der Waals surface area contributed by atoms with E-state index >= 15 is 0 Å². The van der Waals surface area contributed by atoms with Crippen LogP contribution in [0.5, 0.6) is 0 Å². The van der Waals surface area contributed by atoms with Crippen molar-refractivity contribution in [1.29, 1.82) is 0 Å². The van der Waals surface area contributed by atoms with Crippen molar-refractivity contribution >= 4 is 23.3 Å². The van der Waals surface area contributed by atoms with Crippen molar-refractivity contribution in [3.05, 3.63) is 47.0 Å². The van der Waals surface area contributed by atoms with Crippen LogP contribution in [0.1, 0.15) is 30.3 Å². The van der Waals surface area contributed by atoms with Crippen LogP contribution < -0.4 is 5.32 Å². The van der Waals surface area contributed by atoms with E-state index in [-0.39, 0.29) is 11.9 Å². The number of aryl methyl sites for hydroxylation is 2. The average Bonchev–Trinajstić information content (AvgIpc) is 3.03. The third-order valence-electron chi connectivity index (χ3n) is 4.84. The van der Waals surface area contributed by atoms with Gasteiger partial charge in [0.05, 0.1) is 0 Å². The zero-order valence-electron chi connectivity index (χ0n) is 14.4. The normalized spacial score (nSPS) is 16.7. The first-order chi connectivity index (χ1) is 12.0. The van der Waals surface area contributed by atoms with Crippen LogP contribution in [0.4, 0.5) is 10.5 Å². The predicted molar refractivity (Wildman–Crippen MR) is 97.7 cm³/mol. The second-order valence-corrected chi connectivity index (χ2v) is 6.99. The van der Waals surface area contributed by atoms with Crippen LogP contribution in [0.15, 0.2) is 30.6 Å². The van der Waals surface area contributed by atoms with Gasteiger partial charge in [-0.2, -0.15) is 0 Å². The molecule has 0 bridgehead atoms. The summed E-state index contributed by atoms with van der Waals surface area (Å²) in [4.78, 5) is 18.5. The summed E-state index contributed by atoms with van der Waals surface area (Å²) in [5.74, 6) is 0.788. The topological polar surface area (TPSA) is 70.4 Å². The summed E-state index contributed by atoms with van der Waals surface area (Å²) in [6.45, 7) is 3.15. The molecule has 7 heteroatoms. The minimum absolute atomic E-state index is 0.109. The van der Waals surface area contributed by atoms with Crippen LogP contribution >= 0.6 is 11.6 Å². The monoisotopic (exact) mass is 362 g/mol. The van der Waals surface area contributed by atoms with E-state index in [2.05, 4.69) is 10.3 Å². The molecule has 0 saturated carbocycles. The molecule has 2 heterocycles. The van der Waals surface area contributed by atoms with Gasteiger partial charge in [0, 0.05) is 43.2 Å². The van der Waals surface area contributed by atoms with Crippen molar-refractivity contribution in [2.45, 2.75) is 25.9 Å². The molecule has 2 amide bonds. The number of rotatable bonds is 3. The molecule has 1 aromatic heterocycles. The molecule has 0 unspecified atom stereocenters. The molecule has 6 nitrogen and oxygen atoms in total. The molecule has 2 N–H and O–H groups in total. The van der Waals surface area contributed by atoms with E-state index < -0.39 is 6.10 Å². The Morgan fingerprint density at radius 3 is 2.76 bits per heavy atom. The van der Waals surface area contributed by atoms with Gasteiger partial charge < -0.3 is 19.9 Å². The van der Waals surface area contributed by atoms with Crippen molar-refractivity contribution in [2.24, 2.45) is 13.0 Å². The summed E-state index contributed by atoms with van der Waals surface area (Å²) < 4.78 is 1.84. The molecule has 1 aromatic carbocycles. The van der Waals surface area contributed by atoms with Crippen molar-refractivity contribution in [2.75, 3.05) is 18.4 Å². The van der Waals surface area contributed by atoms with Gasteiger partial charge in [0.1, 0.15) is 11.9 Å². The number of aliphatic hydroxyl groups excluding tert-OH is 1. The molecule has 134 valence electrons. The van der Waals surface area contributed by atoms with Crippen molar-refractivity contribution in [3.63, 3.8) is 0 Å². The van der Waals surface area contributed by atoms with Gasteiger partial charge in [-0.05, 0) is 43.4 Å². The van der Waals surface area contributed by atoms with Gasteiger partial charge in [-0.1, -0.05) is 17.7 Å². The largest absolute Gasteiger partial charge is 0.385 e. The molecule has 2 aromatic rings. The Kier molecular flexibility index (Phi) is 5.30. The lowest BCUT2D eigenvalue weighted by Gasteiger charge is -2.34. The number of nitrogens with one attached hydrogen (secondary N) is 1. The Labute approximate surface area is 152 Å². The maximum absolute atomic E-state index is 12.5. The fraction of sp³-hybridized carbons (Fsp3) is 0.444. The average molecular weight is 363 g/mol. The number of amides is 2. The SMILES string of the molecule is Cc1ccc(Cl)cc1NC(=O)N1CCC([C@@H](O)c2nccn2C)CC1. The smallest absolute Gasteiger partial charge is 0.321 e. The predicted octanol–water partition coefficient (Wildman–Crippen LogP) is 3.36. The third kappa shape index (κ3) is 3.96. The maximum Gasteiger partial charge on any atom is 0.321 e. The standard InChI is InChI=1S/C18H23ClN4O2/c1-12-3-4-14(19)11-15(12)21-18(25)23-8-5-13(6-9-23)16(24)17-20-7-10-22(17)2/h3-4,7,10-11,13,16,24H,5-6,8-9H2,1-2H3,(H,21,25)/t16-/m1/s1.